The minimum atomic E-state index is -1.06. The van der Waals surface area contributed by atoms with E-state index in [4.69, 9.17) is 9.47 Å². The largest absolute Gasteiger partial charge is 0.444 e. The van der Waals surface area contributed by atoms with Crippen LogP contribution in [0.1, 0.15) is 51.7 Å². The Morgan fingerprint density at radius 1 is 1.13 bits per heavy atom. The summed E-state index contributed by atoms with van der Waals surface area (Å²) in [6.45, 7) is 11.7. The van der Waals surface area contributed by atoms with E-state index in [1.165, 1.54) is 4.90 Å². The number of rotatable bonds is 5. The maximum absolute atomic E-state index is 13.8. The number of benzene rings is 1. The van der Waals surface area contributed by atoms with Gasteiger partial charge in [-0.25, -0.2) is 18.6 Å². The van der Waals surface area contributed by atoms with Gasteiger partial charge >= 0.3 is 6.09 Å². The smallest absolute Gasteiger partial charge is 0.410 e. The highest BCUT2D eigenvalue weighted by atomic mass is 19.2. The van der Waals surface area contributed by atoms with E-state index in [9.17, 15) is 23.2 Å². The summed E-state index contributed by atoms with van der Waals surface area (Å²) in [5.74, 6) is -3.24. The predicted octanol–water partition coefficient (Wildman–Crippen LogP) is 3.42. The van der Waals surface area contributed by atoms with Crippen LogP contribution in [-0.2, 0) is 14.3 Å². The Bertz CT molecular complexity index is 1180. The first-order valence-corrected chi connectivity index (χ1v) is 13.3. The Balaban J connectivity index is 1.65. The summed E-state index contributed by atoms with van der Waals surface area (Å²) in [5, 5.41) is 0. The van der Waals surface area contributed by atoms with E-state index in [2.05, 4.69) is 9.97 Å². The molecule has 2 fully saturated rings. The molecule has 0 radical (unpaired) electrons. The third-order valence-electron chi connectivity index (χ3n) is 6.74. The number of nitrogens with one attached hydrogen (secondary N) is 1. The van der Waals surface area contributed by atoms with Crippen molar-refractivity contribution in [3.05, 3.63) is 29.6 Å². The van der Waals surface area contributed by atoms with Crippen molar-refractivity contribution in [2.24, 2.45) is 11.8 Å². The second-order valence-corrected chi connectivity index (χ2v) is 11.6. The van der Waals surface area contributed by atoms with Crippen molar-refractivity contribution in [2.75, 3.05) is 45.9 Å². The second kappa shape index (κ2) is 11.4. The second-order valence-electron chi connectivity index (χ2n) is 11.6. The predicted molar refractivity (Wildman–Crippen MR) is 139 cm³/mol. The molecular formula is C27H37F2N5O5. The number of nitrogens with zero attached hydrogens (tertiary/aromatic N) is 4. The van der Waals surface area contributed by atoms with Crippen molar-refractivity contribution in [1.29, 1.82) is 0 Å². The molecule has 3 heterocycles. The minimum Gasteiger partial charge on any atom is -0.444 e. The average Bonchev–Trinajstić information content (AvgIpc) is 3.28. The van der Waals surface area contributed by atoms with Crippen LogP contribution in [0.3, 0.4) is 0 Å². The molecule has 0 aliphatic carbocycles. The summed E-state index contributed by atoms with van der Waals surface area (Å²) < 4.78 is 38.6. The number of hydrogen-bond acceptors (Lipinski definition) is 6. The molecule has 10 nitrogen and oxygen atoms in total. The first-order valence-electron chi connectivity index (χ1n) is 13.3. The van der Waals surface area contributed by atoms with Crippen molar-refractivity contribution in [3.8, 4) is 0 Å². The van der Waals surface area contributed by atoms with Crippen LogP contribution in [0.25, 0.3) is 11.0 Å². The molecule has 2 aliphatic heterocycles. The fourth-order valence-corrected chi connectivity index (χ4v) is 5.03. The van der Waals surface area contributed by atoms with Gasteiger partial charge < -0.3 is 29.2 Å². The highest BCUT2D eigenvalue weighted by molar-refractivity contribution is 5.94. The molecule has 39 heavy (non-hydrogen) atoms. The van der Waals surface area contributed by atoms with E-state index in [0.717, 1.165) is 12.1 Å². The van der Waals surface area contributed by atoms with E-state index >= 15 is 0 Å². The molecule has 3 amide bonds. The Labute approximate surface area is 226 Å². The topological polar surface area (TPSA) is 108 Å². The van der Waals surface area contributed by atoms with Gasteiger partial charge in [0.1, 0.15) is 5.60 Å². The zero-order valence-electron chi connectivity index (χ0n) is 23.1. The molecule has 1 aromatic carbocycles. The van der Waals surface area contributed by atoms with E-state index in [1.807, 2.05) is 13.8 Å². The first-order chi connectivity index (χ1) is 18.3. The van der Waals surface area contributed by atoms with Gasteiger partial charge in [-0.15, -0.1) is 0 Å². The van der Waals surface area contributed by atoms with E-state index in [-0.39, 0.29) is 41.8 Å². The van der Waals surface area contributed by atoms with Crippen LogP contribution < -0.4 is 0 Å². The van der Waals surface area contributed by atoms with Gasteiger partial charge in [-0.05, 0) is 33.1 Å². The van der Waals surface area contributed by atoms with Crippen LogP contribution in [0.5, 0.6) is 0 Å². The quantitative estimate of drug-likeness (QED) is 0.613. The lowest BCUT2D eigenvalue weighted by atomic mass is 9.91. The van der Waals surface area contributed by atoms with E-state index in [0.29, 0.717) is 39.3 Å². The fourth-order valence-electron chi connectivity index (χ4n) is 5.03. The minimum absolute atomic E-state index is 0.0542. The first kappa shape index (κ1) is 28.7. The fraction of sp³-hybridized carbons (Fsp3) is 0.630. The molecule has 0 spiro atoms. The Hall–Kier alpha value is -3.28. The lowest BCUT2D eigenvalue weighted by molar-refractivity contribution is -0.142. The number of likely N-dealkylation sites (tertiary alicyclic amines) is 1. The molecule has 2 aliphatic rings. The molecule has 1 N–H and O–H groups in total. The normalized spacial score (nSPS) is 20.4. The molecule has 0 saturated carbocycles. The van der Waals surface area contributed by atoms with Gasteiger partial charge in [-0.3, -0.25) is 9.59 Å². The van der Waals surface area contributed by atoms with Gasteiger partial charge in [-0.1, -0.05) is 13.8 Å². The highest BCUT2D eigenvalue weighted by Crippen LogP contribution is 2.27. The zero-order valence-corrected chi connectivity index (χ0v) is 23.1. The van der Waals surface area contributed by atoms with Crippen molar-refractivity contribution < 1.29 is 32.6 Å². The molecule has 4 rings (SSSR count). The van der Waals surface area contributed by atoms with Gasteiger partial charge in [0.05, 0.1) is 36.2 Å². The summed E-state index contributed by atoms with van der Waals surface area (Å²) in [6, 6.07) is 1.38. The number of aromatic amines is 1. The number of amides is 3. The van der Waals surface area contributed by atoms with Crippen molar-refractivity contribution in [2.45, 2.75) is 52.7 Å². The molecule has 1 aromatic heterocycles. The van der Waals surface area contributed by atoms with Gasteiger partial charge in [0, 0.05) is 44.9 Å². The van der Waals surface area contributed by atoms with Crippen molar-refractivity contribution in [3.63, 3.8) is 0 Å². The highest BCUT2D eigenvalue weighted by Gasteiger charge is 2.41. The summed E-state index contributed by atoms with van der Waals surface area (Å²) in [6.07, 6.45) is -0.212. The Morgan fingerprint density at radius 2 is 1.79 bits per heavy atom. The lowest BCUT2D eigenvalue weighted by Gasteiger charge is -2.44. The third-order valence-corrected chi connectivity index (χ3v) is 6.74. The molecule has 12 heteroatoms. The van der Waals surface area contributed by atoms with Crippen LogP contribution in [-0.4, -0.2) is 100 Å². The number of piperidine rings is 1. The number of hydrogen-bond donors (Lipinski definition) is 1. The Morgan fingerprint density at radius 3 is 2.44 bits per heavy atom. The number of carbonyl (C=O) groups excluding carboxylic acids is 3. The molecule has 0 bridgehead atoms. The number of ether oxygens (including phenoxy) is 2. The summed E-state index contributed by atoms with van der Waals surface area (Å²) in [5.41, 5.74) is -0.415. The van der Waals surface area contributed by atoms with Crippen LogP contribution in [0, 0.1) is 23.5 Å². The molecule has 2 saturated heterocycles. The summed E-state index contributed by atoms with van der Waals surface area (Å²) >= 11 is 0. The number of carbonyl (C=O) groups is 3. The van der Waals surface area contributed by atoms with Crippen LogP contribution in [0.2, 0.25) is 0 Å². The lowest BCUT2D eigenvalue weighted by Crippen LogP contribution is -2.58. The molecule has 2 aromatic rings. The number of aromatic nitrogens is 2. The van der Waals surface area contributed by atoms with Crippen LogP contribution >= 0.6 is 0 Å². The number of halogens is 2. The number of imidazole rings is 1. The van der Waals surface area contributed by atoms with Crippen molar-refractivity contribution in [1.82, 2.24) is 24.7 Å². The summed E-state index contributed by atoms with van der Waals surface area (Å²) in [4.78, 5) is 52.3. The van der Waals surface area contributed by atoms with Crippen LogP contribution in [0.4, 0.5) is 13.6 Å². The van der Waals surface area contributed by atoms with Gasteiger partial charge in [0.15, 0.2) is 17.5 Å². The molecule has 2 unspecified atom stereocenters. The Kier molecular flexibility index (Phi) is 8.43. The standard InChI is InChI=1S/C27H37F2N5O5/c1-16(2)13-34(25(36)23-30-21-11-19(28)20(29)12-22(21)31-23)18-10-17(24(35)32-6-8-38-9-7-32)14-33(15-18)26(37)39-27(3,4)5/h11-12,16-18H,6-10,13-15H2,1-5H3,(H,30,31). The number of H-pyrrole nitrogens is 1. The zero-order chi connectivity index (χ0) is 28.5. The third kappa shape index (κ3) is 6.84. The number of morpholine rings is 1. The van der Waals surface area contributed by atoms with Gasteiger partial charge in [-0.2, -0.15) is 0 Å². The summed E-state index contributed by atoms with van der Waals surface area (Å²) in [7, 11) is 0. The maximum atomic E-state index is 13.8. The van der Waals surface area contributed by atoms with E-state index in [1.54, 1.807) is 30.6 Å². The monoisotopic (exact) mass is 549 g/mol. The van der Waals surface area contributed by atoms with Crippen LogP contribution in [0.15, 0.2) is 12.1 Å². The maximum Gasteiger partial charge on any atom is 0.410 e. The number of fused-ring (bicyclic) bond motifs is 1. The van der Waals surface area contributed by atoms with Gasteiger partial charge in [0.2, 0.25) is 5.91 Å². The molecule has 214 valence electrons. The average molecular weight is 550 g/mol. The molecule has 2 atom stereocenters. The molecular weight excluding hydrogens is 512 g/mol. The van der Waals surface area contributed by atoms with Crippen molar-refractivity contribution >= 4 is 28.9 Å². The van der Waals surface area contributed by atoms with Gasteiger partial charge in [0.25, 0.3) is 5.91 Å². The van der Waals surface area contributed by atoms with E-state index < -0.39 is 41.2 Å². The SMILES string of the molecule is CC(C)CN(C(=O)c1nc2cc(F)c(F)cc2[nH]1)C1CC(C(=O)N2CCOCC2)CN(C(=O)OC(C)(C)C)C1.